The summed E-state index contributed by atoms with van der Waals surface area (Å²) in [7, 11) is 0. The van der Waals surface area contributed by atoms with Crippen LogP contribution < -0.4 is 5.32 Å². The van der Waals surface area contributed by atoms with Crippen molar-refractivity contribution in [2.45, 2.75) is 19.9 Å². The summed E-state index contributed by atoms with van der Waals surface area (Å²) in [4.78, 5) is 11.7. The van der Waals surface area contributed by atoms with E-state index in [4.69, 9.17) is 16.9 Å². The molecule has 0 aliphatic carbocycles. The van der Waals surface area contributed by atoms with E-state index in [0.29, 0.717) is 0 Å². The van der Waals surface area contributed by atoms with Gasteiger partial charge in [0.2, 0.25) is 0 Å². The number of hydrogen-bond donors (Lipinski definition) is 1. The molecule has 1 amide bonds. The molecule has 0 radical (unpaired) electrons. The van der Waals surface area contributed by atoms with Gasteiger partial charge in [-0.25, -0.2) is 4.39 Å². The van der Waals surface area contributed by atoms with Crippen LogP contribution in [0.25, 0.3) is 0 Å². The number of halogens is 2. The van der Waals surface area contributed by atoms with Crippen LogP contribution in [0, 0.1) is 23.1 Å². The van der Waals surface area contributed by atoms with E-state index in [-0.39, 0.29) is 16.5 Å². The summed E-state index contributed by atoms with van der Waals surface area (Å²) in [5, 5.41) is 11.5. The first-order valence-corrected chi connectivity index (χ1v) is 5.49. The van der Waals surface area contributed by atoms with Gasteiger partial charge in [0.1, 0.15) is 11.9 Å². The zero-order valence-electron chi connectivity index (χ0n) is 9.50. The molecule has 0 heterocycles. The van der Waals surface area contributed by atoms with E-state index >= 15 is 0 Å². The predicted octanol–water partition coefficient (Wildman–Crippen LogP) is 2.76. The van der Waals surface area contributed by atoms with Crippen LogP contribution in [0.5, 0.6) is 0 Å². The quantitative estimate of drug-likeness (QED) is 0.902. The van der Waals surface area contributed by atoms with Crippen LogP contribution in [0.2, 0.25) is 5.02 Å². The standard InChI is InChI=1S/C12H12ClFN2O/c1-7(2)11(6-15)16-12(17)9-4-3-8(13)5-10(9)14/h3-5,7,11H,1-2H3,(H,16,17). The van der Waals surface area contributed by atoms with Gasteiger partial charge >= 0.3 is 0 Å². The first-order chi connectivity index (χ1) is 7.95. The second-order valence-electron chi connectivity index (χ2n) is 3.95. The molecule has 1 rings (SSSR count). The van der Waals surface area contributed by atoms with Crippen molar-refractivity contribution in [2.75, 3.05) is 0 Å². The Morgan fingerprint density at radius 2 is 2.18 bits per heavy atom. The van der Waals surface area contributed by atoms with E-state index in [1.54, 1.807) is 13.8 Å². The van der Waals surface area contributed by atoms with E-state index in [2.05, 4.69) is 5.32 Å². The Hall–Kier alpha value is -1.60. The Bertz CT molecular complexity index is 468. The lowest BCUT2D eigenvalue weighted by Crippen LogP contribution is -2.37. The van der Waals surface area contributed by atoms with E-state index in [1.807, 2.05) is 6.07 Å². The number of hydrogen-bond acceptors (Lipinski definition) is 2. The maximum atomic E-state index is 13.4. The molecule has 3 nitrogen and oxygen atoms in total. The fourth-order valence-electron chi connectivity index (χ4n) is 1.24. The molecule has 5 heteroatoms. The molecule has 0 saturated heterocycles. The predicted molar refractivity (Wildman–Crippen MR) is 63.1 cm³/mol. The first-order valence-electron chi connectivity index (χ1n) is 5.11. The summed E-state index contributed by atoms with van der Waals surface area (Å²) >= 11 is 5.58. The maximum Gasteiger partial charge on any atom is 0.255 e. The molecule has 0 bridgehead atoms. The summed E-state index contributed by atoms with van der Waals surface area (Å²) in [6.45, 7) is 3.60. The van der Waals surface area contributed by atoms with Gasteiger partial charge in [0.05, 0.1) is 11.6 Å². The summed E-state index contributed by atoms with van der Waals surface area (Å²) in [5.41, 5.74) is -0.115. The average molecular weight is 255 g/mol. The molecule has 1 aromatic carbocycles. The van der Waals surface area contributed by atoms with E-state index in [0.717, 1.165) is 6.07 Å². The van der Waals surface area contributed by atoms with Crippen molar-refractivity contribution in [3.05, 3.63) is 34.6 Å². The molecule has 0 aliphatic heterocycles. The van der Waals surface area contributed by atoms with Gasteiger partial charge in [0, 0.05) is 5.02 Å². The van der Waals surface area contributed by atoms with Crippen molar-refractivity contribution in [3.8, 4) is 6.07 Å². The normalized spacial score (nSPS) is 12.0. The van der Waals surface area contributed by atoms with E-state index in [1.165, 1.54) is 12.1 Å². The molecule has 0 saturated carbocycles. The number of carbonyl (C=O) groups is 1. The van der Waals surface area contributed by atoms with Gasteiger partial charge in [-0.05, 0) is 24.1 Å². The minimum Gasteiger partial charge on any atom is -0.336 e. The van der Waals surface area contributed by atoms with Crippen LogP contribution in [0.4, 0.5) is 4.39 Å². The molecule has 90 valence electrons. The first kappa shape index (κ1) is 13.5. The summed E-state index contributed by atoms with van der Waals surface area (Å²) < 4.78 is 13.4. The van der Waals surface area contributed by atoms with Crippen molar-refractivity contribution in [3.63, 3.8) is 0 Å². The molecular weight excluding hydrogens is 243 g/mol. The molecule has 0 spiro atoms. The second-order valence-corrected chi connectivity index (χ2v) is 4.38. The molecule has 0 aliphatic rings. The van der Waals surface area contributed by atoms with Crippen molar-refractivity contribution in [1.29, 1.82) is 5.26 Å². The Morgan fingerprint density at radius 1 is 1.53 bits per heavy atom. The van der Waals surface area contributed by atoms with Gasteiger partial charge in [0.15, 0.2) is 0 Å². The van der Waals surface area contributed by atoms with Crippen LogP contribution in [-0.4, -0.2) is 11.9 Å². The third-order valence-electron chi connectivity index (χ3n) is 2.27. The number of amides is 1. The molecule has 0 fully saturated rings. The number of nitrogens with zero attached hydrogens (tertiary/aromatic N) is 1. The van der Waals surface area contributed by atoms with Gasteiger partial charge < -0.3 is 5.32 Å². The summed E-state index contributed by atoms with van der Waals surface area (Å²) in [6, 6.07) is 5.09. The fourth-order valence-corrected chi connectivity index (χ4v) is 1.40. The van der Waals surface area contributed by atoms with Crippen LogP contribution in [0.3, 0.4) is 0 Å². The lowest BCUT2D eigenvalue weighted by molar-refractivity contribution is 0.0933. The molecule has 0 aromatic heterocycles. The molecule has 1 N–H and O–H groups in total. The SMILES string of the molecule is CC(C)C(C#N)NC(=O)c1ccc(Cl)cc1F. The Kier molecular flexibility index (Phi) is 4.47. The lowest BCUT2D eigenvalue weighted by atomic mass is 10.1. The van der Waals surface area contributed by atoms with Crippen molar-refractivity contribution in [2.24, 2.45) is 5.92 Å². The van der Waals surface area contributed by atoms with E-state index < -0.39 is 17.8 Å². The van der Waals surface area contributed by atoms with Gasteiger partial charge in [-0.15, -0.1) is 0 Å². The monoisotopic (exact) mass is 254 g/mol. The smallest absolute Gasteiger partial charge is 0.255 e. The number of carbonyl (C=O) groups excluding carboxylic acids is 1. The van der Waals surface area contributed by atoms with Crippen molar-refractivity contribution in [1.82, 2.24) is 5.32 Å². The van der Waals surface area contributed by atoms with Gasteiger partial charge in [0.25, 0.3) is 5.91 Å². The van der Waals surface area contributed by atoms with Crippen LogP contribution in [-0.2, 0) is 0 Å². The number of nitriles is 1. The van der Waals surface area contributed by atoms with Crippen molar-refractivity contribution < 1.29 is 9.18 Å². The van der Waals surface area contributed by atoms with E-state index in [9.17, 15) is 9.18 Å². The third kappa shape index (κ3) is 3.43. The van der Waals surface area contributed by atoms with Crippen LogP contribution >= 0.6 is 11.6 Å². The Morgan fingerprint density at radius 3 is 2.65 bits per heavy atom. The number of benzene rings is 1. The zero-order chi connectivity index (χ0) is 13.0. The highest BCUT2D eigenvalue weighted by atomic mass is 35.5. The molecule has 17 heavy (non-hydrogen) atoms. The Balaban J connectivity index is 2.87. The maximum absolute atomic E-state index is 13.4. The summed E-state index contributed by atoms with van der Waals surface area (Å²) in [5.74, 6) is -1.35. The summed E-state index contributed by atoms with van der Waals surface area (Å²) in [6.07, 6.45) is 0. The van der Waals surface area contributed by atoms with Crippen LogP contribution in [0.1, 0.15) is 24.2 Å². The van der Waals surface area contributed by atoms with Gasteiger partial charge in [-0.1, -0.05) is 25.4 Å². The Labute approximate surface area is 104 Å². The van der Waals surface area contributed by atoms with Crippen LogP contribution in [0.15, 0.2) is 18.2 Å². The van der Waals surface area contributed by atoms with Gasteiger partial charge in [-0.3, -0.25) is 4.79 Å². The molecular formula is C12H12ClFN2O. The number of nitrogens with one attached hydrogen (secondary N) is 1. The molecule has 1 unspecified atom stereocenters. The minimum absolute atomic E-state index is 0.0423. The third-order valence-corrected chi connectivity index (χ3v) is 2.50. The van der Waals surface area contributed by atoms with Crippen molar-refractivity contribution >= 4 is 17.5 Å². The highest BCUT2D eigenvalue weighted by molar-refractivity contribution is 6.30. The average Bonchev–Trinajstić information content (AvgIpc) is 2.24. The molecule has 1 aromatic rings. The highest BCUT2D eigenvalue weighted by Gasteiger charge is 2.18. The number of rotatable bonds is 3. The minimum atomic E-state index is -0.699. The largest absolute Gasteiger partial charge is 0.336 e. The zero-order valence-corrected chi connectivity index (χ0v) is 10.3. The highest BCUT2D eigenvalue weighted by Crippen LogP contribution is 2.15. The fraction of sp³-hybridized carbons (Fsp3) is 0.333. The van der Waals surface area contributed by atoms with Gasteiger partial charge in [-0.2, -0.15) is 5.26 Å². The molecule has 1 atom stereocenters. The lowest BCUT2D eigenvalue weighted by Gasteiger charge is -2.15. The topological polar surface area (TPSA) is 52.9 Å². The second kappa shape index (κ2) is 5.65.